The third-order valence-electron chi connectivity index (χ3n) is 6.44. The van der Waals surface area contributed by atoms with E-state index < -0.39 is 17.9 Å². The normalized spacial score (nSPS) is 16.3. The van der Waals surface area contributed by atoms with E-state index in [1.54, 1.807) is 29.2 Å². The molecule has 1 heterocycles. The summed E-state index contributed by atoms with van der Waals surface area (Å²) in [5, 5.41) is 24.5. The number of hydrogen-bond donors (Lipinski definition) is 4. The molecule has 0 saturated carbocycles. The first-order valence-electron chi connectivity index (χ1n) is 12.7. The van der Waals surface area contributed by atoms with Crippen molar-refractivity contribution in [3.63, 3.8) is 0 Å². The topological polar surface area (TPSA) is 132 Å². The summed E-state index contributed by atoms with van der Waals surface area (Å²) in [6, 6.07) is 17.3. The van der Waals surface area contributed by atoms with Crippen molar-refractivity contribution < 1.29 is 24.2 Å². The van der Waals surface area contributed by atoms with Crippen LogP contribution in [-0.2, 0) is 27.2 Å². The lowest BCUT2D eigenvalue weighted by Crippen LogP contribution is -2.45. The maximum absolute atomic E-state index is 12.8. The Bertz CT molecular complexity index is 1110. The molecule has 0 radical (unpaired) electrons. The fourth-order valence-electron chi connectivity index (χ4n) is 4.32. The number of benzene rings is 2. The number of aliphatic carboxylic acids is 1. The van der Waals surface area contributed by atoms with Crippen LogP contribution in [0, 0.1) is 17.2 Å². The third kappa shape index (κ3) is 8.78. The Morgan fingerprint density at radius 3 is 2.47 bits per heavy atom. The summed E-state index contributed by atoms with van der Waals surface area (Å²) < 4.78 is 5.70. The minimum absolute atomic E-state index is 0.0840. The fraction of sp³-hybridized carbons (Fsp3) is 0.429. The summed E-state index contributed by atoms with van der Waals surface area (Å²) in [5.74, 6) is -1.05. The zero-order chi connectivity index (χ0) is 27.3. The number of nitriles is 1. The second-order valence-corrected chi connectivity index (χ2v) is 9.58. The summed E-state index contributed by atoms with van der Waals surface area (Å²) in [4.78, 5) is 38.4. The number of ether oxygens (including phenoxy) is 1. The number of carboxylic acids is 1. The van der Waals surface area contributed by atoms with Crippen LogP contribution in [0.25, 0.3) is 0 Å². The largest absolute Gasteiger partial charge is 0.492 e. The van der Waals surface area contributed by atoms with Crippen LogP contribution < -0.4 is 15.4 Å². The van der Waals surface area contributed by atoms with Crippen molar-refractivity contribution >= 4 is 30.4 Å². The van der Waals surface area contributed by atoms with Crippen molar-refractivity contribution in [1.29, 1.82) is 5.26 Å². The molecule has 3 rings (SSSR count). The highest BCUT2D eigenvalue weighted by Gasteiger charge is 2.28. The molecule has 2 amide bonds. The van der Waals surface area contributed by atoms with Crippen LogP contribution in [0.5, 0.6) is 5.75 Å². The van der Waals surface area contributed by atoms with Gasteiger partial charge in [0.2, 0.25) is 11.8 Å². The molecule has 3 unspecified atom stereocenters. The predicted molar refractivity (Wildman–Crippen MR) is 146 cm³/mol. The maximum atomic E-state index is 12.8. The first kappa shape index (κ1) is 29.0. The SMILES string of the molecule is N#CC1CCCN1C(=O)CNCCOc1ccc(CC(NC(=O)C(CS)Cc2ccccc2)C(=O)O)cc1. The second-order valence-electron chi connectivity index (χ2n) is 9.22. The number of carbonyl (C=O) groups is 3. The Morgan fingerprint density at radius 1 is 1.11 bits per heavy atom. The Hall–Kier alpha value is -3.55. The molecule has 1 aliphatic rings. The zero-order valence-corrected chi connectivity index (χ0v) is 22.1. The molecule has 1 fully saturated rings. The van der Waals surface area contributed by atoms with Gasteiger partial charge < -0.3 is 25.4 Å². The second kappa shape index (κ2) is 15.0. The third-order valence-corrected chi connectivity index (χ3v) is 6.88. The van der Waals surface area contributed by atoms with Gasteiger partial charge >= 0.3 is 5.97 Å². The van der Waals surface area contributed by atoms with Gasteiger partial charge in [-0.05, 0) is 42.5 Å². The Kier molecular flexibility index (Phi) is 11.5. The fourth-order valence-corrected chi connectivity index (χ4v) is 4.62. The van der Waals surface area contributed by atoms with E-state index >= 15 is 0 Å². The zero-order valence-electron chi connectivity index (χ0n) is 21.2. The summed E-state index contributed by atoms with van der Waals surface area (Å²) in [6.07, 6.45) is 2.20. The van der Waals surface area contributed by atoms with E-state index in [0.717, 1.165) is 24.0 Å². The monoisotopic (exact) mass is 538 g/mol. The van der Waals surface area contributed by atoms with Gasteiger partial charge in [-0.25, -0.2) is 4.79 Å². The van der Waals surface area contributed by atoms with Crippen LogP contribution in [0.2, 0.25) is 0 Å². The van der Waals surface area contributed by atoms with Crippen LogP contribution in [-0.4, -0.2) is 71.9 Å². The van der Waals surface area contributed by atoms with Crippen LogP contribution in [0.1, 0.15) is 24.0 Å². The summed E-state index contributed by atoms with van der Waals surface area (Å²) in [7, 11) is 0. The van der Waals surface area contributed by atoms with Gasteiger partial charge in [0.15, 0.2) is 0 Å². The van der Waals surface area contributed by atoms with Crippen LogP contribution in [0.3, 0.4) is 0 Å². The van der Waals surface area contributed by atoms with Crippen molar-refractivity contribution in [1.82, 2.24) is 15.5 Å². The lowest BCUT2D eigenvalue weighted by Gasteiger charge is -2.20. The van der Waals surface area contributed by atoms with Gasteiger partial charge in [0.1, 0.15) is 24.4 Å². The summed E-state index contributed by atoms with van der Waals surface area (Å²) in [6.45, 7) is 1.58. The molecule has 38 heavy (non-hydrogen) atoms. The predicted octanol–water partition coefficient (Wildman–Crippen LogP) is 2.07. The van der Waals surface area contributed by atoms with Crippen molar-refractivity contribution in [2.24, 2.45) is 5.92 Å². The lowest BCUT2D eigenvalue weighted by molar-refractivity contribution is -0.142. The van der Waals surface area contributed by atoms with Crippen molar-refractivity contribution in [2.45, 2.75) is 37.8 Å². The number of carboxylic acid groups (broad SMARTS) is 1. The average Bonchev–Trinajstić information content (AvgIpc) is 3.41. The van der Waals surface area contributed by atoms with E-state index in [-0.39, 0.29) is 30.8 Å². The molecule has 10 heteroatoms. The first-order valence-corrected chi connectivity index (χ1v) is 13.3. The number of carbonyl (C=O) groups excluding carboxylic acids is 2. The molecular formula is C28H34N4O5S. The average molecular weight is 539 g/mol. The van der Waals surface area contributed by atoms with Crippen molar-refractivity contribution in [2.75, 3.05) is 32.0 Å². The van der Waals surface area contributed by atoms with Gasteiger partial charge in [0.25, 0.3) is 0 Å². The lowest BCUT2D eigenvalue weighted by atomic mass is 9.99. The van der Waals surface area contributed by atoms with Gasteiger partial charge in [0, 0.05) is 25.3 Å². The van der Waals surface area contributed by atoms with E-state index in [4.69, 9.17) is 10.00 Å². The molecule has 1 saturated heterocycles. The Balaban J connectivity index is 1.42. The van der Waals surface area contributed by atoms with E-state index in [1.807, 2.05) is 30.3 Å². The number of rotatable bonds is 14. The van der Waals surface area contributed by atoms with E-state index in [0.29, 0.717) is 37.6 Å². The number of nitrogens with zero attached hydrogens (tertiary/aromatic N) is 2. The molecule has 9 nitrogen and oxygen atoms in total. The van der Waals surface area contributed by atoms with Crippen molar-refractivity contribution in [3.8, 4) is 11.8 Å². The van der Waals surface area contributed by atoms with Gasteiger partial charge in [-0.3, -0.25) is 9.59 Å². The van der Waals surface area contributed by atoms with Gasteiger partial charge in [0.05, 0.1) is 18.5 Å². The maximum Gasteiger partial charge on any atom is 0.326 e. The first-order chi connectivity index (χ1) is 18.4. The quantitative estimate of drug-likeness (QED) is 0.214. The molecular weight excluding hydrogens is 504 g/mol. The number of hydrogen-bond acceptors (Lipinski definition) is 7. The molecule has 0 bridgehead atoms. The van der Waals surface area contributed by atoms with Gasteiger partial charge in [-0.1, -0.05) is 42.5 Å². The molecule has 2 aromatic rings. The highest BCUT2D eigenvalue weighted by atomic mass is 32.1. The number of amides is 2. The van der Waals surface area contributed by atoms with E-state index in [2.05, 4.69) is 29.3 Å². The molecule has 202 valence electrons. The molecule has 0 aromatic heterocycles. The molecule has 2 aromatic carbocycles. The Morgan fingerprint density at radius 2 is 1.82 bits per heavy atom. The minimum atomic E-state index is -1.10. The molecule has 3 N–H and O–H groups in total. The molecule has 0 aliphatic carbocycles. The van der Waals surface area contributed by atoms with Crippen LogP contribution >= 0.6 is 12.6 Å². The highest BCUT2D eigenvalue weighted by Crippen LogP contribution is 2.17. The molecule has 1 aliphatic heterocycles. The van der Waals surface area contributed by atoms with E-state index in [9.17, 15) is 19.5 Å². The number of likely N-dealkylation sites (tertiary alicyclic amines) is 1. The van der Waals surface area contributed by atoms with E-state index in [1.165, 1.54) is 0 Å². The van der Waals surface area contributed by atoms with Gasteiger partial charge in [-0.15, -0.1) is 0 Å². The number of thiol groups is 1. The highest BCUT2D eigenvalue weighted by molar-refractivity contribution is 7.80. The smallest absolute Gasteiger partial charge is 0.326 e. The summed E-state index contributed by atoms with van der Waals surface area (Å²) >= 11 is 4.29. The Labute approximate surface area is 228 Å². The number of nitrogens with one attached hydrogen (secondary N) is 2. The summed E-state index contributed by atoms with van der Waals surface area (Å²) in [5.41, 5.74) is 1.74. The van der Waals surface area contributed by atoms with Crippen LogP contribution in [0.15, 0.2) is 54.6 Å². The molecule has 3 atom stereocenters. The van der Waals surface area contributed by atoms with Crippen LogP contribution in [0.4, 0.5) is 0 Å². The minimum Gasteiger partial charge on any atom is -0.492 e. The molecule has 0 spiro atoms. The van der Waals surface area contributed by atoms with Gasteiger partial charge in [-0.2, -0.15) is 17.9 Å². The van der Waals surface area contributed by atoms with Crippen molar-refractivity contribution in [3.05, 3.63) is 65.7 Å². The standard InChI is InChI=1S/C28H34N4O5S/c29-17-23-7-4-13-32(23)26(33)18-30-12-14-37-24-10-8-21(9-11-24)16-25(28(35)36)31-27(34)22(19-38)15-20-5-2-1-3-6-20/h1-3,5-6,8-11,22-23,25,30,38H,4,7,12-16,18-19H2,(H,31,34)(H,35,36).